The Hall–Kier alpha value is -1.51. The van der Waals surface area contributed by atoms with Crippen LogP contribution in [0.1, 0.15) is 45.7 Å². The first-order chi connectivity index (χ1) is 12.9. The first-order valence-electron chi connectivity index (χ1n) is 10.0. The molecule has 2 heterocycles. The summed E-state index contributed by atoms with van der Waals surface area (Å²) in [7, 11) is 2.09. The van der Waals surface area contributed by atoms with E-state index in [1.54, 1.807) is 4.68 Å². The summed E-state index contributed by atoms with van der Waals surface area (Å²) in [6.07, 6.45) is 4.09. The summed E-state index contributed by atoms with van der Waals surface area (Å²) in [5.41, 5.74) is 0.816. The van der Waals surface area contributed by atoms with Gasteiger partial charge in [0.05, 0.1) is 31.6 Å². The molecule has 0 unspecified atom stereocenters. The first-order valence-corrected chi connectivity index (χ1v) is 10.0. The maximum absolute atomic E-state index is 12.8. The van der Waals surface area contributed by atoms with Gasteiger partial charge in [0, 0.05) is 32.0 Å². The van der Waals surface area contributed by atoms with E-state index in [4.69, 9.17) is 4.74 Å². The predicted octanol–water partition coefficient (Wildman–Crippen LogP) is 1.14. The molecule has 27 heavy (non-hydrogen) atoms. The number of aliphatic hydroxyl groups excluding tert-OH is 1. The lowest BCUT2D eigenvalue weighted by molar-refractivity contribution is -0.136. The average molecular weight is 382 g/mol. The minimum absolute atomic E-state index is 0.0337. The Balaban J connectivity index is 2.19. The second kappa shape index (κ2) is 10.7. The van der Waals surface area contributed by atoms with Gasteiger partial charge in [-0.1, -0.05) is 19.1 Å². The molecule has 0 saturated carbocycles. The largest absolute Gasteiger partial charge is 0.394 e. The van der Waals surface area contributed by atoms with E-state index in [-0.39, 0.29) is 30.6 Å². The average Bonchev–Trinajstić information content (AvgIpc) is 3.09. The maximum Gasteiger partial charge on any atom is 0.222 e. The number of aromatic nitrogens is 3. The second-order valence-electron chi connectivity index (χ2n) is 7.74. The molecular weight excluding hydrogens is 346 g/mol. The van der Waals surface area contributed by atoms with E-state index in [0.717, 1.165) is 25.2 Å². The van der Waals surface area contributed by atoms with Crippen LogP contribution < -0.4 is 0 Å². The Morgan fingerprint density at radius 3 is 2.96 bits per heavy atom. The number of fused-ring (bicyclic) bond motifs is 2. The number of aryl methyl sites for hydroxylation is 1. The minimum atomic E-state index is -0.198. The monoisotopic (exact) mass is 381 g/mol. The molecule has 1 aromatic heterocycles. The Morgan fingerprint density at radius 2 is 2.26 bits per heavy atom. The summed E-state index contributed by atoms with van der Waals surface area (Å²) in [4.78, 5) is 16.8. The molecule has 0 radical (unpaired) electrons. The van der Waals surface area contributed by atoms with Crippen molar-refractivity contribution in [3.8, 4) is 0 Å². The maximum atomic E-state index is 12.8. The third kappa shape index (κ3) is 6.55. The molecule has 2 rings (SSSR count). The van der Waals surface area contributed by atoms with Gasteiger partial charge in [0.2, 0.25) is 5.91 Å². The Morgan fingerprint density at radius 1 is 1.48 bits per heavy atom. The Labute approximate surface area is 162 Å². The van der Waals surface area contributed by atoms with E-state index in [0.29, 0.717) is 32.5 Å². The molecule has 0 spiro atoms. The van der Waals surface area contributed by atoms with Crippen molar-refractivity contribution in [3.05, 3.63) is 11.9 Å². The van der Waals surface area contributed by atoms with Gasteiger partial charge in [-0.3, -0.25) is 9.48 Å². The fourth-order valence-electron chi connectivity index (χ4n) is 3.47. The van der Waals surface area contributed by atoms with Crippen molar-refractivity contribution >= 4 is 5.91 Å². The Kier molecular flexibility index (Phi) is 8.66. The lowest BCUT2D eigenvalue weighted by Crippen LogP contribution is -2.47. The van der Waals surface area contributed by atoms with Crippen LogP contribution in [0.4, 0.5) is 0 Å². The molecule has 1 aromatic rings. The number of likely N-dealkylation sites (N-methyl/N-ethyl adjacent to an activating group) is 1. The zero-order valence-electron chi connectivity index (χ0n) is 17.2. The summed E-state index contributed by atoms with van der Waals surface area (Å²) in [6.45, 7) is 9.57. The van der Waals surface area contributed by atoms with Crippen LogP contribution in [0.15, 0.2) is 6.20 Å². The van der Waals surface area contributed by atoms with Crippen LogP contribution in [-0.2, 0) is 22.7 Å². The van der Waals surface area contributed by atoms with Gasteiger partial charge in [-0.25, -0.2) is 0 Å². The van der Waals surface area contributed by atoms with Gasteiger partial charge in [-0.2, -0.15) is 0 Å². The quantitative estimate of drug-likeness (QED) is 0.796. The fourth-order valence-corrected chi connectivity index (χ4v) is 3.47. The van der Waals surface area contributed by atoms with Crippen LogP contribution in [0.2, 0.25) is 0 Å². The lowest BCUT2D eigenvalue weighted by atomic mass is 10.0. The van der Waals surface area contributed by atoms with Crippen molar-refractivity contribution < 1.29 is 14.6 Å². The zero-order chi connectivity index (χ0) is 19.8. The zero-order valence-corrected chi connectivity index (χ0v) is 17.2. The highest BCUT2D eigenvalue weighted by Gasteiger charge is 2.27. The number of aliphatic hydroxyl groups is 1. The second-order valence-corrected chi connectivity index (χ2v) is 7.74. The van der Waals surface area contributed by atoms with Crippen molar-refractivity contribution in [3.63, 3.8) is 0 Å². The van der Waals surface area contributed by atoms with E-state index in [1.165, 1.54) is 0 Å². The first kappa shape index (κ1) is 21.8. The number of hydrogen-bond acceptors (Lipinski definition) is 6. The van der Waals surface area contributed by atoms with Crippen LogP contribution in [0, 0.1) is 5.92 Å². The van der Waals surface area contributed by atoms with Crippen molar-refractivity contribution in [2.75, 3.05) is 33.3 Å². The molecule has 8 nitrogen and oxygen atoms in total. The van der Waals surface area contributed by atoms with Crippen molar-refractivity contribution in [2.24, 2.45) is 5.92 Å². The van der Waals surface area contributed by atoms with E-state index >= 15 is 0 Å². The molecule has 0 saturated heterocycles. The normalized spacial score (nSPS) is 23.6. The molecule has 0 aromatic carbocycles. The molecule has 154 valence electrons. The number of nitrogens with zero attached hydrogens (tertiary/aromatic N) is 5. The molecule has 8 heteroatoms. The number of carbonyl (C=O) groups excluding carboxylic acids is 1. The molecule has 0 fully saturated rings. The smallest absolute Gasteiger partial charge is 0.222 e. The van der Waals surface area contributed by atoms with Crippen LogP contribution >= 0.6 is 0 Å². The molecule has 3 atom stereocenters. The topological polar surface area (TPSA) is 83.7 Å². The third-order valence-corrected chi connectivity index (χ3v) is 5.14. The van der Waals surface area contributed by atoms with Gasteiger partial charge < -0.3 is 19.6 Å². The van der Waals surface area contributed by atoms with Gasteiger partial charge >= 0.3 is 0 Å². The van der Waals surface area contributed by atoms with Crippen molar-refractivity contribution in [2.45, 2.75) is 65.3 Å². The highest BCUT2D eigenvalue weighted by Crippen LogP contribution is 2.17. The standard InChI is InChI=1S/C19H35N5O3/c1-5-8-22(4)12-18-15(2)10-24(16(3)13-25)19(26)7-6-9-23-11-17(14-27-18)20-21-23/h11,15-16,18,25H,5-10,12-14H2,1-4H3/t15-,16-,18-/m0/s1. The molecule has 1 aliphatic heterocycles. The summed E-state index contributed by atoms with van der Waals surface area (Å²) in [5.74, 6) is 0.210. The highest BCUT2D eigenvalue weighted by atomic mass is 16.5. The summed E-state index contributed by atoms with van der Waals surface area (Å²) in [5, 5.41) is 17.9. The van der Waals surface area contributed by atoms with Gasteiger partial charge in [0.1, 0.15) is 5.69 Å². The molecule has 1 N–H and O–H groups in total. The number of carbonyl (C=O) groups is 1. The van der Waals surface area contributed by atoms with Crippen LogP contribution in [-0.4, -0.2) is 81.2 Å². The lowest BCUT2D eigenvalue weighted by Gasteiger charge is -2.35. The molecule has 2 bridgehead atoms. The van der Waals surface area contributed by atoms with Crippen LogP contribution in [0.3, 0.4) is 0 Å². The van der Waals surface area contributed by atoms with Crippen LogP contribution in [0.25, 0.3) is 0 Å². The number of rotatable bonds is 6. The fraction of sp³-hybridized carbons (Fsp3) is 0.842. The molecular formula is C19H35N5O3. The van der Waals surface area contributed by atoms with Crippen LogP contribution in [0.5, 0.6) is 0 Å². The van der Waals surface area contributed by atoms with Gasteiger partial charge in [0.15, 0.2) is 0 Å². The SMILES string of the molecule is CCCN(C)C[C@@H]1OCc2cn(nn2)CCCC(=O)N([C@@H](C)CO)C[C@@H]1C. The van der Waals surface area contributed by atoms with Crippen molar-refractivity contribution in [1.82, 2.24) is 24.8 Å². The van der Waals surface area contributed by atoms with E-state index in [1.807, 2.05) is 18.0 Å². The molecule has 0 aliphatic carbocycles. The van der Waals surface area contributed by atoms with Gasteiger partial charge in [-0.05, 0) is 33.4 Å². The molecule has 1 aliphatic rings. The summed E-state index contributed by atoms with van der Waals surface area (Å²) >= 11 is 0. The van der Waals surface area contributed by atoms with E-state index in [2.05, 4.69) is 36.1 Å². The Bertz CT molecular complexity index is 579. The van der Waals surface area contributed by atoms with E-state index < -0.39 is 0 Å². The van der Waals surface area contributed by atoms with E-state index in [9.17, 15) is 9.90 Å². The van der Waals surface area contributed by atoms with Gasteiger partial charge in [0.25, 0.3) is 0 Å². The third-order valence-electron chi connectivity index (χ3n) is 5.14. The highest BCUT2D eigenvalue weighted by molar-refractivity contribution is 5.76. The number of hydrogen-bond donors (Lipinski definition) is 1. The number of ether oxygens (including phenoxy) is 1. The van der Waals surface area contributed by atoms with Gasteiger partial charge in [-0.15, -0.1) is 5.10 Å². The summed E-state index contributed by atoms with van der Waals surface area (Å²) in [6, 6.07) is -0.198. The molecule has 1 amide bonds. The predicted molar refractivity (Wildman–Crippen MR) is 103 cm³/mol. The van der Waals surface area contributed by atoms with Crippen molar-refractivity contribution in [1.29, 1.82) is 0 Å². The summed E-state index contributed by atoms with van der Waals surface area (Å²) < 4.78 is 7.99. The minimum Gasteiger partial charge on any atom is -0.394 e. The number of amides is 1.